The average molecular weight is 384 g/mol. The molecule has 4 rings (SSSR count). The van der Waals surface area contributed by atoms with Crippen LogP contribution in [0.25, 0.3) is 0 Å². The van der Waals surface area contributed by atoms with Crippen molar-refractivity contribution in [3.8, 4) is 0 Å². The molecule has 0 saturated carbocycles. The Balaban J connectivity index is 1.37. The normalized spacial score (nSPS) is 27.7. The summed E-state index contributed by atoms with van der Waals surface area (Å²) in [5.74, 6) is 0.609. The first-order valence-corrected chi connectivity index (χ1v) is 10.2. The number of nitrogens with zero attached hydrogens (tertiary/aromatic N) is 1. The summed E-state index contributed by atoms with van der Waals surface area (Å²) in [6, 6.07) is 5.43. The Morgan fingerprint density at radius 3 is 2.86 bits per heavy atom. The van der Waals surface area contributed by atoms with Crippen molar-refractivity contribution in [2.75, 3.05) is 19.6 Å². The largest absolute Gasteiger partial charge is 0.322 e. The van der Waals surface area contributed by atoms with E-state index >= 15 is 0 Å². The predicted molar refractivity (Wildman–Crippen MR) is 104 cm³/mol. The number of carbonyl (C=O) groups is 3. The Kier molecular flexibility index (Phi) is 5.46. The van der Waals surface area contributed by atoms with Gasteiger partial charge >= 0.3 is 0 Å². The van der Waals surface area contributed by atoms with Crippen molar-refractivity contribution < 1.29 is 14.4 Å². The maximum absolute atomic E-state index is 12.9. The minimum Gasteiger partial charge on any atom is -0.322 e. The predicted octanol–water partition coefficient (Wildman–Crippen LogP) is 0.783. The molecule has 7 nitrogen and oxygen atoms in total. The molecule has 7 heteroatoms. The van der Waals surface area contributed by atoms with E-state index in [1.807, 2.05) is 12.1 Å². The zero-order chi connectivity index (χ0) is 19.7. The number of hydrogen-bond acceptors (Lipinski definition) is 5. The van der Waals surface area contributed by atoms with Gasteiger partial charge < -0.3 is 15.5 Å². The van der Waals surface area contributed by atoms with E-state index in [0.717, 1.165) is 43.2 Å². The van der Waals surface area contributed by atoms with Crippen LogP contribution in [0.15, 0.2) is 18.2 Å². The molecular weight excluding hydrogens is 356 g/mol. The van der Waals surface area contributed by atoms with Crippen LogP contribution in [-0.4, -0.2) is 48.3 Å². The SMILES string of the molecule is CC1CCNCC1CNCc1ccc2c(c1)C(=O)N(C1CCC(=O)NC1=O)C2. The third kappa shape index (κ3) is 3.82. The molecule has 150 valence electrons. The molecule has 3 N–H and O–H groups in total. The molecule has 3 aliphatic rings. The molecule has 3 amide bonds. The summed E-state index contributed by atoms with van der Waals surface area (Å²) < 4.78 is 0. The van der Waals surface area contributed by atoms with E-state index < -0.39 is 6.04 Å². The Bertz CT molecular complexity index is 794. The molecule has 3 atom stereocenters. The number of hydrogen-bond donors (Lipinski definition) is 3. The van der Waals surface area contributed by atoms with Crippen molar-refractivity contribution in [2.24, 2.45) is 11.8 Å². The number of benzene rings is 1. The monoisotopic (exact) mass is 384 g/mol. The van der Waals surface area contributed by atoms with Gasteiger partial charge in [-0.15, -0.1) is 0 Å². The van der Waals surface area contributed by atoms with E-state index in [2.05, 4.69) is 28.9 Å². The van der Waals surface area contributed by atoms with Gasteiger partial charge in [-0.25, -0.2) is 0 Å². The molecule has 28 heavy (non-hydrogen) atoms. The summed E-state index contributed by atoms with van der Waals surface area (Å²) in [5.41, 5.74) is 2.70. The number of amides is 3. The summed E-state index contributed by atoms with van der Waals surface area (Å²) >= 11 is 0. The van der Waals surface area contributed by atoms with E-state index in [9.17, 15) is 14.4 Å². The Morgan fingerprint density at radius 1 is 1.21 bits per heavy atom. The van der Waals surface area contributed by atoms with E-state index in [-0.39, 0.29) is 24.1 Å². The van der Waals surface area contributed by atoms with Crippen molar-refractivity contribution >= 4 is 17.7 Å². The van der Waals surface area contributed by atoms with Gasteiger partial charge in [0.1, 0.15) is 6.04 Å². The molecule has 1 aromatic carbocycles. The van der Waals surface area contributed by atoms with Gasteiger partial charge in [0.15, 0.2) is 0 Å². The molecule has 3 heterocycles. The highest BCUT2D eigenvalue weighted by Crippen LogP contribution is 2.28. The second kappa shape index (κ2) is 8.01. The van der Waals surface area contributed by atoms with Gasteiger partial charge in [0.25, 0.3) is 5.91 Å². The standard InChI is InChI=1S/C21H28N4O3/c1-13-6-7-22-10-16(13)11-23-9-14-2-3-15-12-25(21(28)17(15)8-14)18-4-5-19(26)24-20(18)27/h2-3,8,13,16,18,22-23H,4-7,9-12H2,1H3,(H,24,26,27). The zero-order valence-corrected chi connectivity index (χ0v) is 16.3. The fourth-order valence-electron chi connectivity index (χ4n) is 4.44. The highest BCUT2D eigenvalue weighted by atomic mass is 16.2. The highest BCUT2D eigenvalue weighted by Gasteiger charge is 2.39. The third-order valence-corrected chi connectivity index (χ3v) is 6.32. The molecule has 0 aliphatic carbocycles. The van der Waals surface area contributed by atoms with Gasteiger partial charge in [0, 0.05) is 25.1 Å². The molecule has 1 aromatic rings. The molecule has 2 saturated heterocycles. The molecule has 0 radical (unpaired) electrons. The number of fused-ring (bicyclic) bond motifs is 1. The summed E-state index contributed by atoms with van der Waals surface area (Å²) in [7, 11) is 0. The minimum absolute atomic E-state index is 0.114. The van der Waals surface area contributed by atoms with Crippen LogP contribution in [0.4, 0.5) is 0 Å². The van der Waals surface area contributed by atoms with Crippen LogP contribution in [-0.2, 0) is 22.7 Å². The van der Waals surface area contributed by atoms with Gasteiger partial charge in [-0.1, -0.05) is 19.1 Å². The molecule has 2 fully saturated rings. The molecule has 0 aromatic heterocycles. The Morgan fingerprint density at radius 2 is 2.07 bits per heavy atom. The van der Waals surface area contributed by atoms with Gasteiger partial charge in [-0.05, 0) is 61.5 Å². The van der Waals surface area contributed by atoms with Crippen LogP contribution >= 0.6 is 0 Å². The van der Waals surface area contributed by atoms with Gasteiger partial charge in [-0.3, -0.25) is 19.7 Å². The number of imide groups is 1. The maximum Gasteiger partial charge on any atom is 0.255 e. The van der Waals surface area contributed by atoms with Gasteiger partial charge in [-0.2, -0.15) is 0 Å². The van der Waals surface area contributed by atoms with Crippen molar-refractivity contribution in [2.45, 2.75) is 45.3 Å². The van der Waals surface area contributed by atoms with Crippen molar-refractivity contribution in [1.29, 1.82) is 0 Å². The topological polar surface area (TPSA) is 90.5 Å². The first-order chi connectivity index (χ1) is 13.5. The number of piperidine rings is 2. The fraction of sp³-hybridized carbons (Fsp3) is 0.571. The zero-order valence-electron chi connectivity index (χ0n) is 16.3. The van der Waals surface area contributed by atoms with Gasteiger partial charge in [0.05, 0.1) is 0 Å². The summed E-state index contributed by atoms with van der Waals surface area (Å²) in [5, 5.41) is 9.32. The van der Waals surface area contributed by atoms with E-state index in [1.165, 1.54) is 6.42 Å². The third-order valence-electron chi connectivity index (χ3n) is 6.32. The second-order valence-electron chi connectivity index (χ2n) is 8.25. The van der Waals surface area contributed by atoms with E-state index in [1.54, 1.807) is 4.90 Å². The highest BCUT2D eigenvalue weighted by molar-refractivity contribution is 6.05. The quantitative estimate of drug-likeness (QED) is 0.653. The van der Waals surface area contributed by atoms with Crippen molar-refractivity contribution in [3.05, 3.63) is 34.9 Å². The second-order valence-corrected chi connectivity index (χ2v) is 8.25. The lowest BCUT2D eigenvalue weighted by molar-refractivity contribution is -0.136. The minimum atomic E-state index is -0.556. The lowest BCUT2D eigenvalue weighted by atomic mass is 9.88. The lowest BCUT2D eigenvalue weighted by Gasteiger charge is -2.29. The first-order valence-electron chi connectivity index (χ1n) is 10.2. The van der Waals surface area contributed by atoms with Crippen LogP contribution in [0.2, 0.25) is 0 Å². The molecular formula is C21H28N4O3. The summed E-state index contributed by atoms with van der Waals surface area (Å²) in [6.07, 6.45) is 1.89. The van der Waals surface area contributed by atoms with E-state index in [0.29, 0.717) is 24.4 Å². The summed E-state index contributed by atoms with van der Waals surface area (Å²) in [4.78, 5) is 38.0. The van der Waals surface area contributed by atoms with Crippen LogP contribution in [0, 0.1) is 11.8 Å². The van der Waals surface area contributed by atoms with E-state index in [4.69, 9.17) is 0 Å². The fourth-order valence-corrected chi connectivity index (χ4v) is 4.44. The number of carbonyl (C=O) groups excluding carboxylic acids is 3. The Labute approximate surface area is 165 Å². The molecule has 0 bridgehead atoms. The number of nitrogens with one attached hydrogen (secondary N) is 3. The molecule has 0 spiro atoms. The molecule has 3 aliphatic heterocycles. The summed E-state index contributed by atoms with van der Waals surface area (Å²) in [6.45, 7) is 6.58. The van der Waals surface area contributed by atoms with Crippen LogP contribution in [0.1, 0.15) is 47.7 Å². The maximum atomic E-state index is 12.9. The van der Waals surface area contributed by atoms with Crippen LogP contribution in [0.5, 0.6) is 0 Å². The van der Waals surface area contributed by atoms with Crippen LogP contribution < -0.4 is 16.0 Å². The lowest BCUT2D eigenvalue weighted by Crippen LogP contribution is -2.52. The van der Waals surface area contributed by atoms with Crippen molar-refractivity contribution in [1.82, 2.24) is 20.9 Å². The van der Waals surface area contributed by atoms with Gasteiger partial charge in [0.2, 0.25) is 11.8 Å². The molecule has 3 unspecified atom stereocenters. The Hall–Kier alpha value is -2.25. The van der Waals surface area contributed by atoms with Crippen molar-refractivity contribution in [3.63, 3.8) is 0 Å². The first kappa shape index (κ1) is 19.1. The average Bonchev–Trinajstić information content (AvgIpc) is 3.00. The smallest absolute Gasteiger partial charge is 0.255 e. The number of rotatable bonds is 5. The van der Waals surface area contributed by atoms with Crippen LogP contribution in [0.3, 0.4) is 0 Å².